The van der Waals surface area contributed by atoms with Gasteiger partial charge in [0.2, 0.25) is 0 Å². The summed E-state index contributed by atoms with van der Waals surface area (Å²) in [4.78, 5) is 0. The zero-order valence-corrected chi connectivity index (χ0v) is 13.3. The van der Waals surface area contributed by atoms with Crippen molar-refractivity contribution in [3.05, 3.63) is 83.7 Å². The molecule has 0 aliphatic heterocycles. The van der Waals surface area contributed by atoms with Gasteiger partial charge in [-0.15, -0.1) is 0 Å². The smallest absolute Gasteiger partial charge is 0.167 e. The Morgan fingerprint density at radius 2 is 1.08 bits per heavy atom. The van der Waals surface area contributed by atoms with Gasteiger partial charge in [0, 0.05) is 11.1 Å². The summed E-state index contributed by atoms with van der Waals surface area (Å²) in [5.74, 6) is -2.22. The lowest BCUT2D eigenvalue weighted by atomic mass is 9.97. The molecule has 3 aromatic carbocycles. The molecule has 0 saturated heterocycles. The quantitative estimate of drug-likeness (QED) is 0.521. The largest absolute Gasteiger partial charge is 0.207 e. The molecule has 0 amide bonds. The van der Waals surface area contributed by atoms with Crippen LogP contribution in [0.3, 0.4) is 0 Å². The van der Waals surface area contributed by atoms with E-state index in [2.05, 4.69) is 6.92 Å². The number of aryl methyl sites for hydroxylation is 1. The van der Waals surface area contributed by atoms with E-state index in [9.17, 15) is 13.2 Å². The number of rotatable bonds is 4. The molecule has 24 heavy (non-hydrogen) atoms. The molecule has 0 aliphatic carbocycles. The summed E-state index contributed by atoms with van der Waals surface area (Å²) >= 11 is 0. The highest BCUT2D eigenvalue weighted by atomic mass is 19.2. The number of hydrogen-bond donors (Lipinski definition) is 0. The average molecular weight is 326 g/mol. The van der Waals surface area contributed by atoms with Crippen molar-refractivity contribution in [2.24, 2.45) is 0 Å². The zero-order valence-electron chi connectivity index (χ0n) is 13.3. The molecular weight excluding hydrogens is 309 g/mol. The van der Waals surface area contributed by atoms with Gasteiger partial charge >= 0.3 is 0 Å². The SMILES string of the molecule is CCCc1ccc(-c2ccc(-c3ccc(F)cc3)c(F)c2F)cc1. The predicted molar refractivity (Wildman–Crippen MR) is 91.2 cm³/mol. The lowest BCUT2D eigenvalue weighted by Crippen LogP contribution is -1.94. The fourth-order valence-electron chi connectivity index (χ4n) is 2.76. The molecule has 0 bridgehead atoms. The molecule has 0 heterocycles. The third-order valence-electron chi connectivity index (χ3n) is 4.04. The summed E-state index contributed by atoms with van der Waals surface area (Å²) in [6.07, 6.45) is 2.00. The number of halogens is 3. The van der Waals surface area contributed by atoms with Crippen LogP contribution < -0.4 is 0 Å². The number of benzene rings is 3. The van der Waals surface area contributed by atoms with E-state index in [0.717, 1.165) is 12.8 Å². The van der Waals surface area contributed by atoms with E-state index in [1.165, 1.54) is 35.9 Å². The Hall–Kier alpha value is -2.55. The van der Waals surface area contributed by atoms with Crippen LogP contribution in [0, 0.1) is 17.5 Å². The Bertz CT molecular complexity index is 834. The third-order valence-corrected chi connectivity index (χ3v) is 4.04. The van der Waals surface area contributed by atoms with Crippen LogP contribution in [0.4, 0.5) is 13.2 Å². The predicted octanol–water partition coefficient (Wildman–Crippen LogP) is 6.39. The van der Waals surface area contributed by atoms with Gasteiger partial charge in [-0.3, -0.25) is 0 Å². The maximum absolute atomic E-state index is 14.5. The molecule has 0 aromatic heterocycles. The van der Waals surface area contributed by atoms with Crippen molar-refractivity contribution in [2.45, 2.75) is 19.8 Å². The van der Waals surface area contributed by atoms with E-state index < -0.39 is 17.5 Å². The van der Waals surface area contributed by atoms with Crippen LogP contribution in [0.15, 0.2) is 60.7 Å². The first-order valence-corrected chi connectivity index (χ1v) is 7.93. The van der Waals surface area contributed by atoms with Gasteiger partial charge in [-0.1, -0.05) is 61.9 Å². The summed E-state index contributed by atoms with van der Waals surface area (Å²) in [6.45, 7) is 2.09. The average Bonchev–Trinajstić information content (AvgIpc) is 2.59. The Morgan fingerprint density at radius 3 is 1.54 bits per heavy atom. The van der Waals surface area contributed by atoms with E-state index >= 15 is 0 Å². The molecule has 122 valence electrons. The Morgan fingerprint density at radius 1 is 0.625 bits per heavy atom. The van der Waals surface area contributed by atoms with Crippen LogP contribution in [-0.4, -0.2) is 0 Å². The van der Waals surface area contributed by atoms with E-state index in [-0.39, 0.29) is 11.1 Å². The molecule has 0 N–H and O–H groups in total. The monoisotopic (exact) mass is 326 g/mol. The topological polar surface area (TPSA) is 0 Å². The Balaban J connectivity index is 1.99. The molecule has 0 fully saturated rings. The van der Waals surface area contributed by atoms with Crippen LogP contribution in [0.5, 0.6) is 0 Å². The maximum atomic E-state index is 14.5. The standard InChI is InChI=1S/C21H17F3/c1-2-3-14-4-6-15(7-5-14)18-12-13-19(21(24)20(18)23)16-8-10-17(22)11-9-16/h4-13H,2-3H2,1H3. The summed E-state index contributed by atoms with van der Waals surface area (Å²) in [5.41, 5.74) is 2.60. The number of hydrogen-bond acceptors (Lipinski definition) is 0. The first kappa shape index (κ1) is 16.3. The normalized spacial score (nSPS) is 10.8. The van der Waals surface area contributed by atoms with Crippen molar-refractivity contribution >= 4 is 0 Å². The van der Waals surface area contributed by atoms with Crippen molar-refractivity contribution in [2.75, 3.05) is 0 Å². The van der Waals surface area contributed by atoms with Gasteiger partial charge in [-0.05, 0) is 35.2 Å². The van der Waals surface area contributed by atoms with E-state index in [1.807, 2.05) is 12.1 Å². The summed E-state index contributed by atoms with van der Waals surface area (Å²) < 4.78 is 42.0. The van der Waals surface area contributed by atoms with Gasteiger partial charge in [0.05, 0.1) is 0 Å². The van der Waals surface area contributed by atoms with E-state index in [0.29, 0.717) is 11.1 Å². The van der Waals surface area contributed by atoms with Crippen LogP contribution in [0.2, 0.25) is 0 Å². The van der Waals surface area contributed by atoms with Crippen LogP contribution in [0.25, 0.3) is 22.3 Å². The van der Waals surface area contributed by atoms with E-state index in [1.54, 1.807) is 18.2 Å². The summed E-state index contributed by atoms with van der Waals surface area (Å²) in [6, 6.07) is 15.9. The molecule has 0 aliphatic rings. The van der Waals surface area contributed by atoms with Gasteiger partial charge in [0.1, 0.15) is 5.82 Å². The molecule has 0 spiro atoms. The van der Waals surface area contributed by atoms with Gasteiger partial charge < -0.3 is 0 Å². The molecule has 0 unspecified atom stereocenters. The van der Waals surface area contributed by atoms with Crippen LogP contribution in [0.1, 0.15) is 18.9 Å². The van der Waals surface area contributed by atoms with Crippen molar-refractivity contribution in [3.63, 3.8) is 0 Å². The minimum absolute atomic E-state index is 0.124. The lowest BCUT2D eigenvalue weighted by Gasteiger charge is -2.10. The van der Waals surface area contributed by atoms with E-state index in [4.69, 9.17) is 0 Å². The molecule has 0 saturated carbocycles. The van der Waals surface area contributed by atoms with Gasteiger partial charge in [0.15, 0.2) is 11.6 Å². The highest BCUT2D eigenvalue weighted by Crippen LogP contribution is 2.31. The van der Waals surface area contributed by atoms with Gasteiger partial charge in [-0.25, -0.2) is 13.2 Å². The van der Waals surface area contributed by atoms with Crippen LogP contribution in [-0.2, 0) is 6.42 Å². The van der Waals surface area contributed by atoms with Crippen molar-refractivity contribution < 1.29 is 13.2 Å². The Kier molecular flexibility index (Phi) is 4.70. The van der Waals surface area contributed by atoms with Crippen molar-refractivity contribution in [1.29, 1.82) is 0 Å². The molecular formula is C21H17F3. The van der Waals surface area contributed by atoms with Crippen molar-refractivity contribution in [3.8, 4) is 22.3 Å². The minimum Gasteiger partial charge on any atom is -0.207 e. The maximum Gasteiger partial charge on any atom is 0.167 e. The highest BCUT2D eigenvalue weighted by molar-refractivity contribution is 5.71. The highest BCUT2D eigenvalue weighted by Gasteiger charge is 2.16. The lowest BCUT2D eigenvalue weighted by molar-refractivity contribution is 0.514. The van der Waals surface area contributed by atoms with Gasteiger partial charge in [0.25, 0.3) is 0 Å². The fraction of sp³-hybridized carbons (Fsp3) is 0.143. The second-order valence-electron chi connectivity index (χ2n) is 5.74. The molecule has 3 heteroatoms. The van der Waals surface area contributed by atoms with Gasteiger partial charge in [-0.2, -0.15) is 0 Å². The summed E-state index contributed by atoms with van der Waals surface area (Å²) in [5, 5.41) is 0. The molecule has 3 aromatic rings. The molecule has 0 radical (unpaired) electrons. The fourth-order valence-corrected chi connectivity index (χ4v) is 2.76. The molecule has 0 atom stereocenters. The first-order chi connectivity index (χ1) is 11.6. The first-order valence-electron chi connectivity index (χ1n) is 7.93. The second-order valence-corrected chi connectivity index (χ2v) is 5.74. The molecule has 3 rings (SSSR count). The van der Waals surface area contributed by atoms with Crippen molar-refractivity contribution in [1.82, 2.24) is 0 Å². The molecule has 0 nitrogen and oxygen atoms in total. The van der Waals surface area contributed by atoms with Crippen LogP contribution >= 0.6 is 0 Å². The Labute approximate surface area is 139 Å². The third kappa shape index (κ3) is 3.21. The summed E-state index contributed by atoms with van der Waals surface area (Å²) in [7, 11) is 0. The minimum atomic E-state index is -0.920. The second kappa shape index (κ2) is 6.91. The zero-order chi connectivity index (χ0) is 17.1.